The molecule has 0 aliphatic carbocycles. The van der Waals surface area contributed by atoms with Crippen molar-refractivity contribution < 1.29 is 27.4 Å². The van der Waals surface area contributed by atoms with Crippen LogP contribution in [0.3, 0.4) is 0 Å². The molecule has 0 bridgehead atoms. The number of nitrogens with one attached hydrogen (secondary N) is 3. The van der Waals surface area contributed by atoms with Gasteiger partial charge in [-0.2, -0.15) is 13.2 Å². The maximum Gasteiger partial charge on any atom is 0.471 e. The number of amides is 1. The van der Waals surface area contributed by atoms with E-state index in [0.29, 0.717) is 22.8 Å². The number of hydrogen-bond donors (Lipinski definition) is 3. The van der Waals surface area contributed by atoms with Crippen molar-refractivity contribution in [2.45, 2.75) is 19.1 Å². The summed E-state index contributed by atoms with van der Waals surface area (Å²) in [5.41, 5.74) is 0.323. The Morgan fingerprint density at radius 1 is 1.28 bits per heavy atom. The fourth-order valence-electron chi connectivity index (χ4n) is 2.47. The minimum absolute atomic E-state index is 0.000295. The lowest BCUT2D eigenvalue weighted by molar-refractivity contribution is -0.171. The van der Waals surface area contributed by atoms with Gasteiger partial charge in [0.25, 0.3) is 5.56 Å². The summed E-state index contributed by atoms with van der Waals surface area (Å²) in [5.74, 6) is -1.99. The predicted molar refractivity (Wildman–Crippen MR) is 101 cm³/mol. The van der Waals surface area contributed by atoms with Gasteiger partial charge < -0.3 is 19.4 Å². The van der Waals surface area contributed by atoms with Crippen LogP contribution in [0.1, 0.15) is 6.42 Å². The molecular formula is C17H17F3N4O4S. The number of H-pyrrole nitrogens is 1. The number of ether oxygens (including phenoxy) is 2. The van der Waals surface area contributed by atoms with Crippen LogP contribution in [-0.2, 0) is 11.3 Å². The predicted octanol–water partition coefficient (Wildman–Crippen LogP) is 2.64. The molecule has 0 aliphatic rings. The number of rotatable bonds is 6. The molecule has 12 heteroatoms. The van der Waals surface area contributed by atoms with Gasteiger partial charge in [0.1, 0.15) is 17.3 Å². The normalized spacial score (nSPS) is 11.1. The SMILES string of the molecule is COc1ccc(-c2cc(=O)[nH]c(=S)n2CCC(=N)NC(=O)C(F)(F)F)c(OC)c1. The lowest BCUT2D eigenvalue weighted by atomic mass is 10.1. The highest BCUT2D eigenvalue weighted by molar-refractivity contribution is 7.71. The number of halogens is 3. The molecule has 0 spiro atoms. The van der Waals surface area contributed by atoms with E-state index in [0.717, 1.165) is 0 Å². The lowest BCUT2D eigenvalue weighted by Gasteiger charge is -2.17. The first kappa shape index (κ1) is 22.1. The number of aromatic nitrogens is 2. The van der Waals surface area contributed by atoms with Crippen molar-refractivity contribution in [3.05, 3.63) is 39.4 Å². The summed E-state index contributed by atoms with van der Waals surface area (Å²) in [5, 5.41) is 9.05. The van der Waals surface area contributed by atoms with E-state index >= 15 is 0 Å². The van der Waals surface area contributed by atoms with Crippen LogP contribution < -0.4 is 20.3 Å². The van der Waals surface area contributed by atoms with Crippen LogP contribution in [0.4, 0.5) is 13.2 Å². The van der Waals surface area contributed by atoms with Gasteiger partial charge in [0, 0.05) is 30.7 Å². The number of methoxy groups -OCH3 is 2. The average Bonchev–Trinajstić information content (AvgIpc) is 2.65. The molecule has 0 aliphatic heterocycles. The molecule has 0 saturated carbocycles. The summed E-state index contributed by atoms with van der Waals surface area (Å²) in [6, 6.07) is 6.11. The van der Waals surface area contributed by atoms with Gasteiger partial charge in [-0.25, -0.2) is 0 Å². The zero-order valence-corrected chi connectivity index (χ0v) is 16.2. The molecule has 3 N–H and O–H groups in total. The third-order valence-electron chi connectivity index (χ3n) is 3.83. The highest BCUT2D eigenvalue weighted by atomic mass is 32.1. The van der Waals surface area contributed by atoms with Crippen molar-refractivity contribution in [1.29, 1.82) is 5.41 Å². The molecule has 156 valence electrons. The van der Waals surface area contributed by atoms with Gasteiger partial charge in [-0.1, -0.05) is 0 Å². The van der Waals surface area contributed by atoms with Crippen LogP contribution in [-0.4, -0.2) is 41.7 Å². The molecule has 2 aromatic rings. The molecule has 29 heavy (non-hydrogen) atoms. The summed E-state index contributed by atoms with van der Waals surface area (Å²) in [4.78, 5) is 25.3. The summed E-state index contributed by atoms with van der Waals surface area (Å²) in [7, 11) is 2.90. The first-order chi connectivity index (χ1) is 13.6. The van der Waals surface area contributed by atoms with Crippen molar-refractivity contribution in [3.63, 3.8) is 0 Å². The number of benzene rings is 1. The Kier molecular flexibility index (Phi) is 6.80. The molecule has 1 aromatic heterocycles. The van der Waals surface area contributed by atoms with E-state index in [-0.39, 0.29) is 17.7 Å². The largest absolute Gasteiger partial charge is 0.497 e. The Labute approximate surface area is 167 Å². The van der Waals surface area contributed by atoms with Crippen LogP contribution in [0.25, 0.3) is 11.3 Å². The molecule has 1 amide bonds. The number of carbonyl (C=O) groups is 1. The second-order valence-corrected chi connectivity index (χ2v) is 6.11. The fourth-order valence-corrected chi connectivity index (χ4v) is 2.76. The first-order valence-corrected chi connectivity index (χ1v) is 8.49. The van der Waals surface area contributed by atoms with Crippen LogP contribution >= 0.6 is 12.2 Å². The lowest BCUT2D eigenvalue weighted by Crippen LogP contribution is -2.40. The van der Waals surface area contributed by atoms with Gasteiger partial charge in [-0.15, -0.1) is 0 Å². The molecule has 0 atom stereocenters. The third kappa shape index (κ3) is 5.44. The topological polar surface area (TPSA) is 109 Å². The summed E-state index contributed by atoms with van der Waals surface area (Å²) in [6.45, 7) is -0.0723. The zero-order valence-electron chi connectivity index (χ0n) is 15.3. The van der Waals surface area contributed by atoms with Gasteiger partial charge in [-0.05, 0) is 24.4 Å². The monoisotopic (exact) mass is 430 g/mol. The number of amidine groups is 1. The van der Waals surface area contributed by atoms with Gasteiger partial charge in [-0.3, -0.25) is 20.0 Å². The van der Waals surface area contributed by atoms with E-state index in [9.17, 15) is 22.8 Å². The van der Waals surface area contributed by atoms with E-state index in [1.54, 1.807) is 18.2 Å². The minimum atomic E-state index is -5.10. The average molecular weight is 430 g/mol. The molecular weight excluding hydrogens is 413 g/mol. The Bertz CT molecular complexity index is 1050. The van der Waals surface area contributed by atoms with Gasteiger partial charge >= 0.3 is 12.1 Å². The molecule has 0 radical (unpaired) electrons. The van der Waals surface area contributed by atoms with Crippen molar-refractivity contribution >= 4 is 24.0 Å². The van der Waals surface area contributed by atoms with Crippen LogP contribution in [0.2, 0.25) is 0 Å². The standard InChI is InChI=1S/C17H17F3N4O4S/c1-27-9-3-4-10(12(7-9)28-2)11-8-14(25)23-16(29)24(11)6-5-13(21)22-15(26)17(18,19)20/h3-4,7-8H,5-6H2,1-2H3,(H2,21,22,26)(H,23,25,29). The molecule has 0 unspecified atom stereocenters. The number of alkyl halides is 3. The van der Waals surface area contributed by atoms with Crippen molar-refractivity contribution in [2.24, 2.45) is 0 Å². The molecule has 2 rings (SSSR count). The van der Waals surface area contributed by atoms with Gasteiger partial charge in [0.05, 0.1) is 19.9 Å². The molecule has 0 saturated heterocycles. The molecule has 8 nitrogen and oxygen atoms in total. The second-order valence-electron chi connectivity index (χ2n) is 5.72. The smallest absolute Gasteiger partial charge is 0.471 e. The van der Waals surface area contributed by atoms with E-state index < -0.39 is 23.5 Å². The quantitative estimate of drug-likeness (QED) is 0.371. The zero-order chi connectivity index (χ0) is 21.8. The number of carbonyl (C=O) groups excluding carboxylic acids is 1. The third-order valence-corrected chi connectivity index (χ3v) is 4.15. The Hall–Kier alpha value is -3.15. The van der Waals surface area contributed by atoms with Crippen molar-refractivity contribution in [1.82, 2.24) is 14.9 Å². The summed E-state index contributed by atoms with van der Waals surface area (Å²) >= 11 is 5.16. The Morgan fingerprint density at radius 2 is 1.97 bits per heavy atom. The number of aromatic amines is 1. The molecule has 0 fully saturated rings. The van der Waals surface area contributed by atoms with Crippen LogP contribution in [0.5, 0.6) is 11.5 Å². The van der Waals surface area contributed by atoms with Crippen molar-refractivity contribution in [3.8, 4) is 22.8 Å². The molecule has 1 heterocycles. The van der Waals surface area contributed by atoms with E-state index in [2.05, 4.69) is 4.98 Å². The Morgan fingerprint density at radius 3 is 2.55 bits per heavy atom. The maximum atomic E-state index is 12.3. The van der Waals surface area contributed by atoms with Crippen LogP contribution in [0.15, 0.2) is 29.1 Å². The highest BCUT2D eigenvalue weighted by Gasteiger charge is 2.39. The van der Waals surface area contributed by atoms with Gasteiger partial charge in [0.2, 0.25) is 0 Å². The fraction of sp³-hybridized carbons (Fsp3) is 0.294. The number of hydrogen-bond acceptors (Lipinski definition) is 6. The van der Waals surface area contributed by atoms with E-state index in [1.807, 2.05) is 0 Å². The van der Waals surface area contributed by atoms with Gasteiger partial charge in [0.15, 0.2) is 4.77 Å². The molecule has 1 aromatic carbocycles. The minimum Gasteiger partial charge on any atom is -0.497 e. The second kappa shape index (κ2) is 8.90. The maximum absolute atomic E-state index is 12.3. The first-order valence-electron chi connectivity index (χ1n) is 8.09. The number of nitrogens with zero attached hydrogens (tertiary/aromatic N) is 1. The van der Waals surface area contributed by atoms with E-state index in [1.165, 1.54) is 30.2 Å². The van der Waals surface area contributed by atoms with Crippen LogP contribution in [0, 0.1) is 10.2 Å². The summed E-state index contributed by atoms with van der Waals surface area (Å²) in [6.07, 6.45) is -5.37. The Balaban J connectivity index is 2.38. The summed E-state index contributed by atoms with van der Waals surface area (Å²) < 4.78 is 48.8. The highest BCUT2D eigenvalue weighted by Crippen LogP contribution is 2.32. The van der Waals surface area contributed by atoms with Crippen molar-refractivity contribution in [2.75, 3.05) is 14.2 Å². The van der Waals surface area contributed by atoms with E-state index in [4.69, 9.17) is 27.1 Å².